The molecule has 0 fully saturated rings. The van der Waals surface area contributed by atoms with Crippen LogP contribution in [-0.4, -0.2) is 34.7 Å². The van der Waals surface area contributed by atoms with Gasteiger partial charge in [0.2, 0.25) is 0 Å². The summed E-state index contributed by atoms with van der Waals surface area (Å²) >= 11 is 0. The van der Waals surface area contributed by atoms with Gasteiger partial charge in [-0.2, -0.15) is 0 Å². The van der Waals surface area contributed by atoms with Crippen LogP contribution in [-0.2, 0) is 19.1 Å². The molecular weight excluding hydrogens is 384 g/mol. The minimum atomic E-state index is -0.746. The number of rotatable bonds is 18. The first kappa shape index (κ1) is 28.4. The van der Waals surface area contributed by atoms with Gasteiger partial charge in [0.05, 0.1) is 24.4 Å². The average Bonchev–Trinajstić information content (AvgIpc) is 2.69. The lowest BCUT2D eigenvalue weighted by atomic mass is 9.78. The van der Waals surface area contributed by atoms with Gasteiger partial charge in [-0.05, 0) is 56.8 Å². The molecule has 0 saturated carbocycles. The first-order valence-corrected chi connectivity index (χ1v) is 11.8. The van der Waals surface area contributed by atoms with Crippen molar-refractivity contribution in [2.24, 2.45) is 29.6 Å². The summed E-state index contributed by atoms with van der Waals surface area (Å²) < 4.78 is 5.47. The molecule has 6 nitrogen and oxygen atoms in total. The second-order valence-corrected chi connectivity index (χ2v) is 8.75. The maximum absolute atomic E-state index is 12.7. The molecule has 30 heavy (non-hydrogen) atoms. The molecule has 0 saturated heterocycles. The molecule has 5 unspecified atom stereocenters. The molecule has 0 bridgehead atoms. The van der Waals surface area contributed by atoms with Gasteiger partial charge >= 0.3 is 17.9 Å². The molecule has 0 heterocycles. The lowest BCUT2D eigenvalue weighted by Crippen LogP contribution is -2.30. The third-order valence-corrected chi connectivity index (χ3v) is 6.30. The number of unbranched alkanes of at least 4 members (excludes halogenated alkanes) is 1. The smallest absolute Gasteiger partial charge is 0.309 e. The quantitative estimate of drug-likeness (QED) is 0.212. The Morgan fingerprint density at radius 2 is 1.17 bits per heavy atom. The maximum Gasteiger partial charge on any atom is 0.309 e. The van der Waals surface area contributed by atoms with Gasteiger partial charge in [-0.15, -0.1) is 0 Å². The molecule has 0 aliphatic heterocycles. The molecule has 0 aromatic heterocycles. The van der Waals surface area contributed by atoms with Gasteiger partial charge in [0.25, 0.3) is 0 Å². The normalized spacial score (nSPS) is 16.3. The SMILES string of the molecule is CCCOC(=O)C(C(C)CCCCC(CC)C(=O)O)C(C)CCCC(CC)C(=O)O. The fourth-order valence-electron chi connectivity index (χ4n) is 4.23. The second kappa shape index (κ2) is 16.1. The topological polar surface area (TPSA) is 101 Å². The van der Waals surface area contributed by atoms with Crippen LogP contribution in [0.3, 0.4) is 0 Å². The van der Waals surface area contributed by atoms with E-state index in [9.17, 15) is 24.6 Å². The lowest BCUT2D eigenvalue weighted by molar-refractivity contribution is -0.153. The third-order valence-electron chi connectivity index (χ3n) is 6.30. The Morgan fingerprint density at radius 3 is 1.60 bits per heavy atom. The van der Waals surface area contributed by atoms with Crippen molar-refractivity contribution in [1.29, 1.82) is 0 Å². The number of aliphatic carboxylic acids is 2. The molecule has 6 heteroatoms. The lowest BCUT2D eigenvalue weighted by Gasteiger charge is -2.28. The van der Waals surface area contributed by atoms with E-state index in [2.05, 4.69) is 13.8 Å². The van der Waals surface area contributed by atoms with Crippen LogP contribution in [0.2, 0.25) is 0 Å². The Hall–Kier alpha value is -1.59. The van der Waals surface area contributed by atoms with Crippen molar-refractivity contribution in [3.8, 4) is 0 Å². The summed E-state index contributed by atoms with van der Waals surface area (Å²) in [5.74, 6) is -2.17. The number of hydrogen-bond donors (Lipinski definition) is 2. The van der Waals surface area contributed by atoms with E-state index in [1.54, 1.807) is 0 Å². The highest BCUT2D eigenvalue weighted by molar-refractivity contribution is 5.73. The molecule has 0 radical (unpaired) electrons. The van der Waals surface area contributed by atoms with Crippen molar-refractivity contribution in [3.05, 3.63) is 0 Å². The van der Waals surface area contributed by atoms with Crippen molar-refractivity contribution in [2.75, 3.05) is 6.61 Å². The second-order valence-electron chi connectivity index (χ2n) is 8.75. The molecule has 0 aromatic carbocycles. The first-order valence-electron chi connectivity index (χ1n) is 11.8. The zero-order valence-electron chi connectivity index (χ0n) is 19.7. The summed E-state index contributed by atoms with van der Waals surface area (Å²) in [7, 11) is 0. The van der Waals surface area contributed by atoms with Crippen LogP contribution in [0.25, 0.3) is 0 Å². The highest BCUT2D eigenvalue weighted by Crippen LogP contribution is 2.31. The van der Waals surface area contributed by atoms with Crippen LogP contribution in [0.4, 0.5) is 0 Å². The summed E-state index contributed by atoms with van der Waals surface area (Å²) in [6, 6.07) is 0. The first-order chi connectivity index (χ1) is 14.2. The van der Waals surface area contributed by atoms with E-state index in [1.165, 1.54) is 0 Å². The van der Waals surface area contributed by atoms with E-state index in [4.69, 9.17) is 4.74 Å². The molecule has 2 N–H and O–H groups in total. The van der Waals surface area contributed by atoms with Crippen LogP contribution in [0.5, 0.6) is 0 Å². The van der Waals surface area contributed by atoms with Gasteiger partial charge in [0.15, 0.2) is 0 Å². The maximum atomic E-state index is 12.7. The van der Waals surface area contributed by atoms with Crippen molar-refractivity contribution in [1.82, 2.24) is 0 Å². The van der Waals surface area contributed by atoms with Crippen LogP contribution < -0.4 is 0 Å². The average molecular weight is 429 g/mol. The Kier molecular flexibility index (Phi) is 15.3. The van der Waals surface area contributed by atoms with Crippen molar-refractivity contribution in [3.63, 3.8) is 0 Å². The van der Waals surface area contributed by atoms with E-state index >= 15 is 0 Å². The minimum Gasteiger partial charge on any atom is -0.481 e. The predicted octanol–water partition coefficient (Wildman–Crippen LogP) is 5.78. The fraction of sp³-hybridized carbons (Fsp3) is 0.875. The molecule has 0 aliphatic carbocycles. The van der Waals surface area contributed by atoms with E-state index in [-0.39, 0.29) is 35.6 Å². The molecule has 176 valence electrons. The van der Waals surface area contributed by atoms with E-state index in [1.807, 2.05) is 20.8 Å². The van der Waals surface area contributed by atoms with Gasteiger partial charge in [0.1, 0.15) is 0 Å². The number of carbonyl (C=O) groups is 3. The highest BCUT2D eigenvalue weighted by Gasteiger charge is 2.31. The van der Waals surface area contributed by atoms with Crippen molar-refractivity contribution in [2.45, 2.75) is 98.8 Å². The molecule has 0 aromatic rings. The number of carboxylic acids is 2. The van der Waals surface area contributed by atoms with Crippen molar-refractivity contribution >= 4 is 17.9 Å². The number of carbonyl (C=O) groups excluding carboxylic acids is 1. The van der Waals surface area contributed by atoms with E-state index in [0.717, 1.165) is 38.5 Å². The monoisotopic (exact) mass is 428 g/mol. The Balaban J connectivity index is 4.78. The summed E-state index contributed by atoms with van der Waals surface area (Å²) in [6.07, 6.45) is 7.54. The van der Waals surface area contributed by atoms with E-state index in [0.29, 0.717) is 32.3 Å². The molecular formula is C24H44O6. The number of carboxylic acid groups (broad SMARTS) is 2. The zero-order valence-corrected chi connectivity index (χ0v) is 19.7. The molecule has 0 aliphatic rings. The van der Waals surface area contributed by atoms with E-state index < -0.39 is 11.9 Å². The standard InChI is InChI=1S/C24H44O6/c1-6-16-30-24(29)21(18(5)13-11-15-20(8-3)23(27)28)17(4)12-9-10-14-19(7-2)22(25)26/h17-21H,6-16H2,1-5H3,(H,25,26)(H,27,28). The van der Waals surface area contributed by atoms with Crippen molar-refractivity contribution < 1.29 is 29.3 Å². The van der Waals surface area contributed by atoms with Crippen LogP contribution >= 0.6 is 0 Å². The third kappa shape index (κ3) is 11.0. The Bertz CT molecular complexity index is 504. The summed E-state index contributed by atoms with van der Waals surface area (Å²) in [5.41, 5.74) is 0. The zero-order chi connectivity index (χ0) is 23.1. The summed E-state index contributed by atoms with van der Waals surface area (Å²) in [6.45, 7) is 10.3. The number of ether oxygens (including phenoxy) is 1. The van der Waals surface area contributed by atoms with Crippen LogP contribution in [0.1, 0.15) is 98.8 Å². The van der Waals surface area contributed by atoms with Gasteiger partial charge in [-0.3, -0.25) is 14.4 Å². The summed E-state index contributed by atoms with van der Waals surface area (Å²) in [4.78, 5) is 35.1. The van der Waals surface area contributed by atoms with Gasteiger partial charge in [-0.1, -0.05) is 53.9 Å². The summed E-state index contributed by atoms with van der Waals surface area (Å²) in [5, 5.41) is 18.4. The minimum absolute atomic E-state index is 0.123. The van der Waals surface area contributed by atoms with Gasteiger partial charge < -0.3 is 14.9 Å². The molecule has 5 atom stereocenters. The van der Waals surface area contributed by atoms with Gasteiger partial charge in [-0.25, -0.2) is 0 Å². The largest absolute Gasteiger partial charge is 0.481 e. The molecule has 0 rings (SSSR count). The van der Waals surface area contributed by atoms with Gasteiger partial charge in [0, 0.05) is 0 Å². The Labute approximate surface area is 182 Å². The molecule has 0 spiro atoms. The predicted molar refractivity (Wildman–Crippen MR) is 118 cm³/mol. The van der Waals surface area contributed by atoms with Crippen LogP contribution in [0.15, 0.2) is 0 Å². The Morgan fingerprint density at radius 1 is 0.733 bits per heavy atom. The van der Waals surface area contributed by atoms with Crippen LogP contribution in [0, 0.1) is 29.6 Å². The molecule has 0 amide bonds. The number of esters is 1. The number of hydrogen-bond acceptors (Lipinski definition) is 4. The fourth-order valence-corrected chi connectivity index (χ4v) is 4.23. The highest BCUT2D eigenvalue weighted by atomic mass is 16.5.